The van der Waals surface area contributed by atoms with Gasteiger partial charge in [-0.05, 0) is 62.7 Å². The maximum atomic E-state index is 5.44. The fourth-order valence-electron chi connectivity index (χ4n) is 4.35. The van der Waals surface area contributed by atoms with Crippen LogP contribution in [0.3, 0.4) is 0 Å². The van der Waals surface area contributed by atoms with E-state index in [0.29, 0.717) is 6.04 Å². The van der Waals surface area contributed by atoms with E-state index < -0.39 is 0 Å². The average molecular weight is 409 g/mol. The molecule has 1 unspecified atom stereocenters. The smallest absolute Gasteiger partial charge is 0.160 e. The number of piperidine rings is 1. The van der Waals surface area contributed by atoms with Gasteiger partial charge in [-0.25, -0.2) is 4.98 Å². The molecule has 2 aromatic carbocycles. The number of aromatic nitrogens is 2. The molecule has 0 spiro atoms. The third kappa shape index (κ3) is 4.77. The van der Waals surface area contributed by atoms with E-state index in [9.17, 15) is 0 Å². The van der Waals surface area contributed by atoms with Gasteiger partial charge >= 0.3 is 0 Å². The van der Waals surface area contributed by atoms with Crippen molar-refractivity contribution >= 4 is 11.0 Å². The average Bonchev–Trinajstić information content (AvgIpc) is 3.19. The number of rotatable bonds is 8. The van der Waals surface area contributed by atoms with Gasteiger partial charge in [0.1, 0.15) is 5.82 Å². The second-order valence-corrected chi connectivity index (χ2v) is 8.15. The number of hydrogen-bond donors (Lipinski definition) is 1. The Hall–Kier alpha value is -2.57. The highest BCUT2D eigenvalue weighted by molar-refractivity contribution is 5.74. The van der Waals surface area contributed by atoms with Crippen molar-refractivity contribution in [2.24, 2.45) is 0 Å². The van der Waals surface area contributed by atoms with Crippen molar-refractivity contribution in [1.82, 2.24) is 19.8 Å². The van der Waals surface area contributed by atoms with Gasteiger partial charge in [0.25, 0.3) is 0 Å². The molecule has 0 amide bonds. The van der Waals surface area contributed by atoms with Crippen LogP contribution in [0.4, 0.5) is 0 Å². The molecule has 2 heterocycles. The molecule has 160 valence electrons. The van der Waals surface area contributed by atoms with Crippen molar-refractivity contribution in [2.75, 3.05) is 40.9 Å². The van der Waals surface area contributed by atoms with Gasteiger partial charge in [-0.3, -0.25) is 4.90 Å². The monoisotopic (exact) mass is 408 g/mol. The summed E-state index contributed by atoms with van der Waals surface area (Å²) in [4.78, 5) is 13.2. The van der Waals surface area contributed by atoms with Gasteiger partial charge in [-0.2, -0.15) is 0 Å². The summed E-state index contributed by atoms with van der Waals surface area (Å²) in [6.45, 7) is 4.13. The van der Waals surface area contributed by atoms with Crippen LogP contribution in [0.15, 0.2) is 42.5 Å². The molecule has 0 aliphatic carbocycles. The molecule has 1 atom stereocenters. The molecule has 0 bridgehead atoms. The van der Waals surface area contributed by atoms with Gasteiger partial charge in [0.15, 0.2) is 11.5 Å². The first kappa shape index (κ1) is 20.7. The summed E-state index contributed by atoms with van der Waals surface area (Å²) in [6, 6.07) is 15.0. The molecule has 0 saturated carbocycles. The molecule has 6 nitrogen and oxygen atoms in total. The largest absolute Gasteiger partial charge is 0.493 e. The Labute approximate surface area is 178 Å². The number of nitrogens with one attached hydrogen (secondary N) is 1. The molecule has 1 N–H and O–H groups in total. The second kappa shape index (κ2) is 9.49. The number of fused-ring (bicyclic) bond motifs is 1. The fraction of sp³-hybridized carbons (Fsp3) is 0.458. The predicted molar refractivity (Wildman–Crippen MR) is 120 cm³/mol. The number of aromatic amines is 1. The summed E-state index contributed by atoms with van der Waals surface area (Å²) < 4.78 is 10.8. The zero-order valence-corrected chi connectivity index (χ0v) is 18.2. The van der Waals surface area contributed by atoms with Crippen LogP contribution in [0.25, 0.3) is 11.0 Å². The number of imidazole rings is 1. The van der Waals surface area contributed by atoms with E-state index in [1.807, 2.05) is 12.1 Å². The third-order valence-electron chi connectivity index (χ3n) is 6.12. The van der Waals surface area contributed by atoms with Gasteiger partial charge in [0, 0.05) is 19.1 Å². The maximum Gasteiger partial charge on any atom is 0.160 e. The van der Waals surface area contributed by atoms with Crippen LogP contribution in [0.2, 0.25) is 0 Å². The number of ether oxygens (including phenoxy) is 2. The van der Waals surface area contributed by atoms with Crippen molar-refractivity contribution in [2.45, 2.75) is 31.8 Å². The lowest BCUT2D eigenvalue weighted by Crippen LogP contribution is -2.46. The first-order valence-electron chi connectivity index (χ1n) is 10.7. The maximum absolute atomic E-state index is 5.44. The number of hydrogen-bond acceptors (Lipinski definition) is 5. The molecule has 6 heteroatoms. The Kier molecular flexibility index (Phi) is 6.55. The van der Waals surface area contributed by atoms with Gasteiger partial charge in [-0.1, -0.05) is 18.2 Å². The summed E-state index contributed by atoms with van der Waals surface area (Å²) in [7, 11) is 5.61. The molecule has 1 fully saturated rings. The Morgan fingerprint density at radius 2 is 1.97 bits per heavy atom. The summed E-state index contributed by atoms with van der Waals surface area (Å²) in [5.41, 5.74) is 3.44. The number of nitrogens with zero attached hydrogens (tertiary/aromatic N) is 3. The van der Waals surface area contributed by atoms with Gasteiger partial charge in [0.05, 0.1) is 31.8 Å². The minimum absolute atomic E-state index is 0.572. The normalized spacial score (nSPS) is 17.5. The van der Waals surface area contributed by atoms with Crippen LogP contribution in [-0.2, 0) is 13.0 Å². The van der Waals surface area contributed by atoms with Crippen LogP contribution < -0.4 is 9.47 Å². The van der Waals surface area contributed by atoms with E-state index in [2.05, 4.69) is 52.2 Å². The highest BCUT2D eigenvalue weighted by atomic mass is 16.5. The first-order chi connectivity index (χ1) is 14.7. The lowest BCUT2D eigenvalue weighted by atomic mass is 10.0. The van der Waals surface area contributed by atoms with E-state index in [4.69, 9.17) is 14.5 Å². The van der Waals surface area contributed by atoms with E-state index in [1.165, 1.54) is 18.4 Å². The zero-order valence-electron chi connectivity index (χ0n) is 18.2. The fourth-order valence-corrected chi connectivity index (χ4v) is 4.35. The molecule has 0 radical (unpaired) electrons. The zero-order chi connectivity index (χ0) is 20.9. The minimum atomic E-state index is 0.572. The second-order valence-electron chi connectivity index (χ2n) is 8.15. The minimum Gasteiger partial charge on any atom is -0.493 e. The Bertz CT molecular complexity index is 938. The van der Waals surface area contributed by atoms with Crippen LogP contribution in [-0.4, -0.2) is 66.7 Å². The van der Waals surface area contributed by atoms with E-state index in [1.54, 1.807) is 14.2 Å². The molecule has 1 aliphatic heterocycles. The number of methoxy groups -OCH3 is 2. The summed E-state index contributed by atoms with van der Waals surface area (Å²) >= 11 is 0. The van der Waals surface area contributed by atoms with Crippen molar-refractivity contribution in [3.05, 3.63) is 53.9 Å². The number of H-pyrrole nitrogens is 1. The Morgan fingerprint density at radius 1 is 1.13 bits per heavy atom. The number of likely N-dealkylation sites (tertiary alicyclic amines) is 1. The topological polar surface area (TPSA) is 53.6 Å². The Balaban J connectivity index is 1.32. The molecule has 1 aromatic heterocycles. The van der Waals surface area contributed by atoms with Gasteiger partial charge in [0.2, 0.25) is 0 Å². The van der Waals surface area contributed by atoms with E-state index in [-0.39, 0.29) is 0 Å². The molecular weight excluding hydrogens is 376 g/mol. The number of likely N-dealkylation sites (N-methyl/N-ethyl adjacent to an activating group) is 1. The summed E-state index contributed by atoms with van der Waals surface area (Å²) in [6.07, 6.45) is 3.47. The van der Waals surface area contributed by atoms with E-state index in [0.717, 1.165) is 61.0 Å². The predicted octanol–water partition coefficient (Wildman–Crippen LogP) is 3.72. The van der Waals surface area contributed by atoms with Crippen LogP contribution >= 0.6 is 0 Å². The van der Waals surface area contributed by atoms with Gasteiger partial charge in [-0.15, -0.1) is 0 Å². The molecule has 4 rings (SSSR count). The van der Waals surface area contributed by atoms with Crippen LogP contribution in [0.5, 0.6) is 11.5 Å². The lowest BCUT2D eigenvalue weighted by Gasteiger charge is -2.37. The van der Waals surface area contributed by atoms with Crippen LogP contribution in [0, 0.1) is 0 Å². The van der Waals surface area contributed by atoms with Crippen molar-refractivity contribution in [3.8, 4) is 11.5 Å². The molecule has 3 aromatic rings. The molecule has 1 saturated heterocycles. The molecular formula is C24H32N4O2. The van der Waals surface area contributed by atoms with Crippen LogP contribution in [0.1, 0.15) is 24.2 Å². The summed E-state index contributed by atoms with van der Waals surface area (Å²) in [5, 5.41) is 0. The number of para-hydroxylation sites is 2. The standard InChI is InChI=1S/C24H32N4O2/c1-27(14-12-18-10-11-22(29-2)23(15-18)30-3)19-7-6-13-28(16-19)17-24-25-20-8-4-5-9-21(20)26-24/h4-5,8-11,15,19H,6-7,12-14,16-17H2,1-3H3,(H,25,26). The molecule has 1 aliphatic rings. The third-order valence-corrected chi connectivity index (χ3v) is 6.12. The van der Waals surface area contributed by atoms with Crippen molar-refractivity contribution in [1.29, 1.82) is 0 Å². The SMILES string of the molecule is COc1ccc(CCN(C)C2CCCN(Cc3nc4ccccc4[nH]3)C2)cc1OC. The highest BCUT2D eigenvalue weighted by Gasteiger charge is 2.24. The first-order valence-corrected chi connectivity index (χ1v) is 10.7. The quantitative estimate of drug-likeness (QED) is 0.616. The molecule has 30 heavy (non-hydrogen) atoms. The highest BCUT2D eigenvalue weighted by Crippen LogP contribution is 2.28. The number of benzene rings is 2. The summed E-state index contributed by atoms with van der Waals surface area (Å²) in [5.74, 6) is 2.64. The van der Waals surface area contributed by atoms with Crippen molar-refractivity contribution in [3.63, 3.8) is 0 Å². The van der Waals surface area contributed by atoms with Gasteiger partial charge < -0.3 is 19.4 Å². The van der Waals surface area contributed by atoms with Crippen molar-refractivity contribution < 1.29 is 9.47 Å². The Morgan fingerprint density at radius 3 is 2.77 bits per heavy atom. The van der Waals surface area contributed by atoms with E-state index >= 15 is 0 Å². The lowest BCUT2D eigenvalue weighted by molar-refractivity contribution is 0.110.